The molecule has 2 aliphatic heterocycles. The fourth-order valence-electron chi connectivity index (χ4n) is 7.70. The Morgan fingerprint density at radius 3 is 1.91 bits per heavy atom. The molecule has 16 heteroatoms. The quantitative estimate of drug-likeness (QED) is 0.0364. The Balaban J connectivity index is 0.748. The van der Waals surface area contributed by atoms with Crippen LogP contribution in [0.3, 0.4) is 0 Å². The summed E-state index contributed by atoms with van der Waals surface area (Å²) in [6.45, 7) is 6.93. The van der Waals surface area contributed by atoms with Crippen LogP contribution in [-0.2, 0) is 38.1 Å². The third-order valence-corrected chi connectivity index (χ3v) is 11.2. The van der Waals surface area contributed by atoms with Crippen LogP contribution in [0.1, 0.15) is 70.0 Å². The standard InChI is InChI=1S/C51H60N4O12/c1-3-41(36-8-5-4-6-9-36)47(37-12-16-39(56)17-13-37)38-14-18-40(19-15-38)67-27-24-54(2)46(58)22-25-62-28-30-64-32-34-66-35-33-65-31-29-63-26-23-52-43-11-7-10-42-48(43)51(61)55(50(42)60)44-20-21-45(57)53-49(44)59/h4-19,44,52,56H,3,20-35H2,1-2H3,(H,53,57,59)/b47-41-. The minimum atomic E-state index is -1.02. The number of carbonyl (C=O) groups excluding carboxylic acids is 5. The molecular formula is C51H60N4O12. The van der Waals surface area contributed by atoms with Crippen molar-refractivity contribution in [1.82, 2.24) is 15.1 Å². The molecule has 0 saturated carbocycles. The van der Waals surface area contributed by atoms with E-state index >= 15 is 0 Å². The first-order chi connectivity index (χ1) is 32.7. The van der Waals surface area contributed by atoms with Crippen LogP contribution < -0.4 is 15.4 Å². The Morgan fingerprint density at radius 1 is 0.701 bits per heavy atom. The van der Waals surface area contributed by atoms with Crippen LogP contribution in [0.4, 0.5) is 5.69 Å². The second kappa shape index (κ2) is 26.0. The number of benzene rings is 4. The predicted octanol–water partition coefficient (Wildman–Crippen LogP) is 5.58. The van der Waals surface area contributed by atoms with Gasteiger partial charge in [-0.2, -0.15) is 0 Å². The molecule has 4 aromatic carbocycles. The summed E-state index contributed by atoms with van der Waals surface area (Å²) in [5.41, 5.74) is 6.37. The molecule has 0 aliphatic carbocycles. The lowest BCUT2D eigenvalue weighted by molar-refractivity contribution is -0.136. The van der Waals surface area contributed by atoms with Crippen molar-refractivity contribution in [2.75, 3.05) is 98.1 Å². The molecule has 1 fully saturated rings. The third kappa shape index (κ3) is 14.3. The zero-order valence-electron chi connectivity index (χ0n) is 38.2. The monoisotopic (exact) mass is 920 g/mol. The minimum Gasteiger partial charge on any atom is -0.508 e. The van der Waals surface area contributed by atoms with Gasteiger partial charge in [0.05, 0.1) is 90.2 Å². The Labute approximate surface area is 391 Å². The number of carbonyl (C=O) groups is 5. The lowest BCUT2D eigenvalue weighted by Crippen LogP contribution is -2.54. The zero-order chi connectivity index (χ0) is 47.4. The summed E-state index contributed by atoms with van der Waals surface area (Å²) < 4.78 is 33.8. The van der Waals surface area contributed by atoms with Crippen LogP contribution in [0, 0.1) is 0 Å². The number of imide groups is 2. The fourth-order valence-corrected chi connectivity index (χ4v) is 7.70. The number of anilines is 1. The van der Waals surface area contributed by atoms with E-state index in [0.29, 0.717) is 90.6 Å². The van der Waals surface area contributed by atoms with Gasteiger partial charge in [-0.15, -0.1) is 0 Å². The number of phenolic OH excluding ortho intramolecular Hbond substituents is 1. The molecule has 0 radical (unpaired) electrons. The molecule has 16 nitrogen and oxygen atoms in total. The lowest BCUT2D eigenvalue weighted by Gasteiger charge is -2.27. The number of likely N-dealkylation sites (N-methyl/N-ethyl adjacent to an activating group) is 1. The highest BCUT2D eigenvalue weighted by molar-refractivity contribution is 6.25. The highest BCUT2D eigenvalue weighted by Gasteiger charge is 2.45. The van der Waals surface area contributed by atoms with E-state index in [2.05, 4.69) is 29.7 Å². The van der Waals surface area contributed by atoms with E-state index < -0.39 is 29.7 Å². The Morgan fingerprint density at radius 2 is 1.30 bits per heavy atom. The van der Waals surface area contributed by atoms with E-state index in [1.54, 1.807) is 42.3 Å². The first-order valence-electron chi connectivity index (χ1n) is 22.7. The van der Waals surface area contributed by atoms with Gasteiger partial charge >= 0.3 is 0 Å². The summed E-state index contributed by atoms with van der Waals surface area (Å²) in [5, 5.41) is 15.3. The summed E-state index contributed by atoms with van der Waals surface area (Å²) >= 11 is 0. The number of allylic oxidation sites excluding steroid dienone is 1. The molecule has 5 amide bonds. The summed E-state index contributed by atoms with van der Waals surface area (Å²) in [6, 6.07) is 29.4. The SMILES string of the molecule is CC/C(=C(\c1ccc(O)cc1)c1ccc(OCCN(C)C(=O)CCOCCOCCOCCOCCOCCNc2cccc3c2C(=O)N(C2CCC(=O)NC2=O)C3=O)cc1)c1ccccc1. The van der Waals surface area contributed by atoms with Crippen LogP contribution in [-0.4, -0.2) is 143 Å². The molecule has 1 atom stereocenters. The van der Waals surface area contributed by atoms with Crippen molar-refractivity contribution in [3.8, 4) is 11.5 Å². The molecule has 2 aliphatic rings. The number of rotatable bonds is 28. The largest absolute Gasteiger partial charge is 0.508 e. The summed E-state index contributed by atoms with van der Waals surface area (Å²) in [7, 11) is 1.75. The molecule has 0 bridgehead atoms. The number of phenols is 1. The first-order valence-corrected chi connectivity index (χ1v) is 22.7. The van der Waals surface area contributed by atoms with Gasteiger partial charge < -0.3 is 43.7 Å². The van der Waals surface area contributed by atoms with E-state index in [1.807, 2.05) is 54.6 Å². The normalized spacial score (nSPS) is 15.0. The second-order valence-electron chi connectivity index (χ2n) is 15.7. The Kier molecular flexibility index (Phi) is 19.4. The summed E-state index contributed by atoms with van der Waals surface area (Å²) in [5.74, 6) is -1.31. The van der Waals surface area contributed by atoms with Gasteiger partial charge in [0, 0.05) is 25.7 Å². The molecule has 4 aromatic rings. The maximum Gasteiger partial charge on any atom is 0.264 e. The van der Waals surface area contributed by atoms with Gasteiger partial charge in [0.2, 0.25) is 17.7 Å². The maximum atomic E-state index is 13.2. The van der Waals surface area contributed by atoms with Crippen molar-refractivity contribution >= 4 is 46.4 Å². The third-order valence-electron chi connectivity index (χ3n) is 11.2. The van der Waals surface area contributed by atoms with E-state index in [-0.39, 0.29) is 48.7 Å². The van der Waals surface area contributed by atoms with E-state index in [9.17, 15) is 29.1 Å². The van der Waals surface area contributed by atoms with Gasteiger partial charge in [0.25, 0.3) is 11.8 Å². The molecule has 3 N–H and O–H groups in total. The first kappa shape index (κ1) is 50.0. The average molecular weight is 921 g/mol. The number of piperidine rings is 1. The van der Waals surface area contributed by atoms with Crippen LogP contribution >= 0.6 is 0 Å². The van der Waals surface area contributed by atoms with Crippen molar-refractivity contribution in [2.24, 2.45) is 0 Å². The van der Waals surface area contributed by atoms with Crippen molar-refractivity contribution in [3.63, 3.8) is 0 Å². The molecule has 1 saturated heterocycles. The van der Waals surface area contributed by atoms with Crippen molar-refractivity contribution < 1.29 is 57.5 Å². The van der Waals surface area contributed by atoms with Crippen LogP contribution in [0.5, 0.6) is 11.5 Å². The smallest absolute Gasteiger partial charge is 0.264 e. The molecule has 2 heterocycles. The van der Waals surface area contributed by atoms with Gasteiger partial charge in [-0.05, 0) is 77.1 Å². The lowest BCUT2D eigenvalue weighted by atomic mass is 9.88. The van der Waals surface area contributed by atoms with E-state index in [4.69, 9.17) is 28.4 Å². The fraction of sp³-hybridized carbons (Fsp3) is 0.392. The van der Waals surface area contributed by atoms with Gasteiger partial charge in [0.15, 0.2) is 0 Å². The minimum absolute atomic E-state index is 0.0391. The number of hydrogen-bond acceptors (Lipinski definition) is 13. The number of aromatic hydroxyl groups is 1. The van der Waals surface area contributed by atoms with E-state index in [1.165, 1.54) is 5.57 Å². The number of nitrogens with one attached hydrogen (secondary N) is 2. The number of fused-ring (bicyclic) bond motifs is 1. The number of amides is 5. The van der Waals surface area contributed by atoms with Crippen molar-refractivity contribution in [3.05, 3.63) is 125 Å². The topological polar surface area (TPSA) is 192 Å². The molecule has 356 valence electrons. The zero-order valence-corrected chi connectivity index (χ0v) is 38.2. The van der Waals surface area contributed by atoms with E-state index in [0.717, 1.165) is 33.6 Å². The van der Waals surface area contributed by atoms with Crippen molar-refractivity contribution in [2.45, 2.75) is 38.6 Å². The number of nitrogens with zero attached hydrogens (tertiary/aromatic N) is 2. The maximum absolute atomic E-state index is 13.2. The van der Waals surface area contributed by atoms with Gasteiger partial charge in [-0.1, -0.05) is 67.6 Å². The molecule has 0 spiro atoms. The van der Waals surface area contributed by atoms with Gasteiger partial charge in [-0.3, -0.25) is 34.2 Å². The number of hydrogen-bond donors (Lipinski definition) is 3. The van der Waals surface area contributed by atoms with Gasteiger partial charge in [0.1, 0.15) is 24.1 Å². The molecule has 0 aromatic heterocycles. The van der Waals surface area contributed by atoms with Crippen molar-refractivity contribution in [1.29, 1.82) is 0 Å². The predicted molar refractivity (Wildman–Crippen MR) is 251 cm³/mol. The second-order valence-corrected chi connectivity index (χ2v) is 15.7. The number of ether oxygens (including phenoxy) is 6. The highest BCUT2D eigenvalue weighted by atomic mass is 16.6. The van der Waals surface area contributed by atoms with Crippen LogP contribution in [0.15, 0.2) is 97.1 Å². The summed E-state index contributed by atoms with van der Waals surface area (Å²) in [4.78, 5) is 65.3. The Hall–Kier alpha value is -6.43. The molecule has 6 rings (SSSR count). The molecule has 1 unspecified atom stereocenters. The van der Waals surface area contributed by atoms with Crippen LogP contribution in [0.25, 0.3) is 11.1 Å². The Bertz CT molecular complexity index is 2300. The van der Waals surface area contributed by atoms with Crippen LogP contribution in [0.2, 0.25) is 0 Å². The summed E-state index contributed by atoms with van der Waals surface area (Å²) in [6.07, 6.45) is 1.23. The molecular weight excluding hydrogens is 861 g/mol. The average Bonchev–Trinajstić information content (AvgIpc) is 3.59. The molecule has 67 heavy (non-hydrogen) atoms. The highest BCUT2D eigenvalue weighted by Crippen LogP contribution is 2.36. The van der Waals surface area contributed by atoms with Gasteiger partial charge in [-0.25, -0.2) is 0 Å².